The summed E-state index contributed by atoms with van der Waals surface area (Å²) in [5, 5.41) is 6.20. The second-order valence-corrected chi connectivity index (χ2v) is 8.42. The Morgan fingerprint density at radius 2 is 1.35 bits per heavy atom. The highest BCUT2D eigenvalue weighted by molar-refractivity contribution is 5.93. The van der Waals surface area contributed by atoms with Gasteiger partial charge in [-0.05, 0) is 70.0 Å². The third-order valence-electron chi connectivity index (χ3n) is 5.20. The molecular formula is C32H47N3O2. The third kappa shape index (κ3) is 21.9. The zero-order chi connectivity index (χ0) is 26.5. The molecule has 0 aliphatic rings. The molecule has 1 aromatic rings. The molecule has 5 nitrogen and oxygen atoms in total. The van der Waals surface area contributed by atoms with Crippen molar-refractivity contribution in [2.24, 2.45) is 0 Å². The number of carbonyl (C=O) groups is 1. The fourth-order valence-electron chi connectivity index (χ4n) is 3.19. The van der Waals surface area contributed by atoms with Crippen LogP contribution < -0.4 is 10.6 Å². The van der Waals surface area contributed by atoms with Gasteiger partial charge in [-0.25, -0.2) is 0 Å². The highest BCUT2D eigenvalue weighted by Gasteiger charge is 2.03. The van der Waals surface area contributed by atoms with Gasteiger partial charge in [-0.1, -0.05) is 79.8 Å². The minimum absolute atomic E-state index is 0.121. The van der Waals surface area contributed by atoms with E-state index in [1.807, 2.05) is 0 Å². The van der Waals surface area contributed by atoms with Crippen LogP contribution in [0.25, 0.3) is 0 Å². The van der Waals surface area contributed by atoms with Crippen molar-refractivity contribution in [1.82, 2.24) is 15.6 Å². The molecule has 0 atom stereocenters. The van der Waals surface area contributed by atoms with Crippen LogP contribution in [0.3, 0.4) is 0 Å². The smallest absolute Gasteiger partial charge is 0.252 e. The van der Waals surface area contributed by atoms with Crippen LogP contribution in [0, 0.1) is 0 Å². The molecule has 0 fully saturated rings. The van der Waals surface area contributed by atoms with Crippen molar-refractivity contribution < 1.29 is 9.53 Å². The van der Waals surface area contributed by atoms with Gasteiger partial charge in [0.05, 0.1) is 18.8 Å². The fourth-order valence-corrected chi connectivity index (χ4v) is 3.19. The number of amides is 1. The molecule has 1 amide bonds. The monoisotopic (exact) mass is 505 g/mol. The number of pyridine rings is 1. The first-order valence-electron chi connectivity index (χ1n) is 13.7. The summed E-state index contributed by atoms with van der Waals surface area (Å²) in [4.78, 5) is 15.8. The number of nitrogens with zero attached hydrogens (tertiary/aromatic N) is 1. The van der Waals surface area contributed by atoms with Crippen molar-refractivity contribution in [3.05, 3.63) is 103 Å². The van der Waals surface area contributed by atoms with Crippen LogP contribution in [-0.4, -0.2) is 43.7 Å². The van der Waals surface area contributed by atoms with Gasteiger partial charge in [-0.2, -0.15) is 0 Å². The van der Waals surface area contributed by atoms with Crippen molar-refractivity contribution in [1.29, 1.82) is 0 Å². The number of hydrogen-bond acceptors (Lipinski definition) is 4. The van der Waals surface area contributed by atoms with E-state index in [0.717, 1.165) is 64.5 Å². The molecule has 0 aliphatic heterocycles. The van der Waals surface area contributed by atoms with E-state index in [1.54, 1.807) is 24.5 Å². The average molecular weight is 506 g/mol. The molecule has 2 N–H and O–H groups in total. The lowest BCUT2D eigenvalue weighted by Gasteiger charge is -2.07. The first-order valence-corrected chi connectivity index (χ1v) is 13.7. The van der Waals surface area contributed by atoms with Crippen molar-refractivity contribution in [3.63, 3.8) is 0 Å². The lowest BCUT2D eigenvalue weighted by molar-refractivity contribution is 0.0916. The summed E-state index contributed by atoms with van der Waals surface area (Å²) in [6.45, 7) is 5.60. The zero-order valence-corrected chi connectivity index (χ0v) is 22.7. The molecule has 202 valence electrons. The predicted octanol–water partition coefficient (Wildman–Crippen LogP) is 6.90. The molecule has 1 rings (SSSR count). The lowest BCUT2D eigenvalue weighted by atomic mass is 10.2. The van der Waals surface area contributed by atoms with Crippen LogP contribution in [0.15, 0.2) is 97.4 Å². The minimum Gasteiger partial charge on any atom is -0.378 e. The van der Waals surface area contributed by atoms with E-state index in [-0.39, 0.29) is 5.91 Å². The Kier molecular flexibility index (Phi) is 22.5. The van der Waals surface area contributed by atoms with Crippen LogP contribution in [0.4, 0.5) is 0 Å². The van der Waals surface area contributed by atoms with Gasteiger partial charge in [0.1, 0.15) is 0 Å². The van der Waals surface area contributed by atoms with Crippen LogP contribution in [-0.2, 0) is 4.74 Å². The Morgan fingerprint density at radius 1 is 0.784 bits per heavy atom. The van der Waals surface area contributed by atoms with E-state index >= 15 is 0 Å². The minimum atomic E-state index is -0.121. The van der Waals surface area contributed by atoms with E-state index < -0.39 is 0 Å². The Hall–Kier alpha value is -3.02. The first-order chi connectivity index (χ1) is 18.3. The highest BCUT2D eigenvalue weighted by atomic mass is 16.5. The van der Waals surface area contributed by atoms with E-state index in [0.29, 0.717) is 25.3 Å². The van der Waals surface area contributed by atoms with Crippen molar-refractivity contribution in [2.75, 3.05) is 32.8 Å². The molecule has 0 radical (unpaired) electrons. The highest BCUT2D eigenvalue weighted by Crippen LogP contribution is 1.98. The number of nitrogens with one attached hydrogen (secondary N) is 2. The number of hydrogen-bond donors (Lipinski definition) is 2. The molecule has 0 aliphatic carbocycles. The SMILES string of the molecule is CC/C=C\C/C=C\C/C=C\C/C=C\C/C=C\C/C=C\CCCNCCOCCNC(=O)c1cccnc1. The standard InChI is InChI=1S/C32H47N3O2/c1-2-3-4-5-6-7-8-9-10-11-12-13-14-15-16-17-18-19-20-21-24-33-26-28-37-29-27-35-32(36)31-23-22-25-34-30-31/h3-4,6-7,9-10,12-13,15-16,18-19,22-23,25,30,33H,2,5,8,11,14,17,20-21,24,26-29H2,1H3,(H,35,36)/b4-3-,7-6-,10-9-,13-12-,16-15-,19-18-. The number of allylic oxidation sites excluding steroid dienone is 12. The predicted molar refractivity (Wildman–Crippen MR) is 158 cm³/mol. The first kappa shape index (κ1) is 32.0. The fraction of sp³-hybridized carbons (Fsp3) is 0.438. The largest absolute Gasteiger partial charge is 0.378 e. The molecule has 0 saturated carbocycles. The number of carbonyl (C=O) groups excluding carboxylic acids is 1. The summed E-state index contributed by atoms with van der Waals surface area (Å²) in [6.07, 6.45) is 38.3. The van der Waals surface area contributed by atoms with Crippen LogP contribution in [0.1, 0.15) is 68.6 Å². The molecule has 0 unspecified atom stereocenters. The molecule has 1 aromatic heterocycles. The molecule has 0 aromatic carbocycles. The number of ether oxygens (including phenoxy) is 1. The van der Waals surface area contributed by atoms with E-state index in [1.165, 1.54) is 0 Å². The zero-order valence-electron chi connectivity index (χ0n) is 22.7. The molecule has 0 spiro atoms. The lowest BCUT2D eigenvalue weighted by Crippen LogP contribution is -2.28. The van der Waals surface area contributed by atoms with Gasteiger partial charge in [0.25, 0.3) is 5.91 Å². The Balaban J connectivity index is 1.84. The molecular weight excluding hydrogens is 458 g/mol. The Morgan fingerprint density at radius 3 is 1.92 bits per heavy atom. The van der Waals surface area contributed by atoms with Gasteiger partial charge < -0.3 is 15.4 Å². The van der Waals surface area contributed by atoms with Crippen LogP contribution >= 0.6 is 0 Å². The summed E-state index contributed by atoms with van der Waals surface area (Å²) in [5.74, 6) is -0.121. The summed E-state index contributed by atoms with van der Waals surface area (Å²) in [7, 11) is 0. The van der Waals surface area contributed by atoms with Crippen molar-refractivity contribution in [2.45, 2.75) is 58.3 Å². The second-order valence-electron chi connectivity index (χ2n) is 8.42. The maximum absolute atomic E-state index is 11.9. The van der Waals surface area contributed by atoms with Gasteiger partial charge in [-0.3, -0.25) is 9.78 Å². The van der Waals surface area contributed by atoms with Gasteiger partial charge in [0.2, 0.25) is 0 Å². The van der Waals surface area contributed by atoms with Gasteiger partial charge in [-0.15, -0.1) is 0 Å². The number of unbranched alkanes of at least 4 members (excludes halogenated alkanes) is 1. The second kappa shape index (κ2) is 26.1. The summed E-state index contributed by atoms with van der Waals surface area (Å²) in [6, 6.07) is 3.49. The normalized spacial score (nSPS) is 12.5. The summed E-state index contributed by atoms with van der Waals surface area (Å²) < 4.78 is 5.54. The topological polar surface area (TPSA) is 63.2 Å². The maximum atomic E-state index is 11.9. The average Bonchev–Trinajstić information content (AvgIpc) is 2.93. The molecule has 37 heavy (non-hydrogen) atoms. The molecule has 0 bridgehead atoms. The Bertz CT molecular complexity index is 839. The molecule has 5 heteroatoms. The van der Waals surface area contributed by atoms with Gasteiger partial charge in [0, 0.05) is 25.5 Å². The molecule has 1 heterocycles. The number of aromatic nitrogens is 1. The van der Waals surface area contributed by atoms with Crippen LogP contribution in [0.5, 0.6) is 0 Å². The van der Waals surface area contributed by atoms with E-state index in [9.17, 15) is 4.79 Å². The van der Waals surface area contributed by atoms with Gasteiger partial charge in [0.15, 0.2) is 0 Å². The van der Waals surface area contributed by atoms with Crippen molar-refractivity contribution >= 4 is 5.91 Å². The van der Waals surface area contributed by atoms with Crippen molar-refractivity contribution in [3.8, 4) is 0 Å². The quantitative estimate of drug-likeness (QED) is 0.133. The van der Waals surface area contributed by atoms with Gasteiger partial charge >= 0.3 is 0 Å². The van der Waals surface area contributed by atoms with E-state index in [4.69, 9.17) is 4.74 Å². The summed E-state index contributed by atoms with van der Waals surface area (Å²) in [5.41, 5.74) is 0.566. The third-order valence-corrected chi connectivity index (χ3v) is 5.20. The molecule has 0 saturated heterocycles. The number of rotatable bonds is 22. The summed E-state index contributed by atoms with van der Waals surface area (Å²) >= 11 is 0. The van der Waals surface area contributed by atoms with Crippen LogP contribution in [0.2, 0.25) is 0 Å². The maximum Gasteiger partial charge on any atom is 0.252 e. The Labute approximate surface area is 225 Å². The van der Waals surface area contributed by atoms with E-state index in [2.05, 4.69) is 95.5 Å².